The van der Waals surface area contributed by atoms with Crippen LogP contribution in [0.2, 0.25) is 30.8 Å². The number of rotatable bonds is 9. The van der Waals surface area contributed by atoms with E-state index in [1.54, 1.807) is 43.8 Å². The van der Waals surface area contributed by atoms with E-state index in [1.807, 2.05) is 0 Å². The van der Waals surface area contributed by atoms with Crippen LogP contribution in [0.4, 0.5) is 13.6 Å². The first-order valence-electron chi connectivity index (χ1n) is 13.5. The minimum Gasteiger partial charge on any atom is -0.444 e. The SMILES string of the molecule is CN(Cc1cc(F)c(-c2ncc3c(n2)c(-c2ccc(Cl)nc2)nn3COCC[Si](C)(C)C)c(F)c1)C(=O)OC(C)(C)C. The minimum absolute atomic E-state index is 0.0545. The van der Waals surface area contributed by atoms with Crippen molar-refractivity contribution in [3.63, 3.8) is 0 Å². The topological polar surface area (TPSA) is 95.3 Å². The zero-order chi connectivity index (χ0) is 30.8. The van der Waals surface area contributed by atoms with E-state index in [0.717, 1.165) is 18.2 Å². The molecule has 4 aromatic rings. The van der Waals surface area contributed by atoms with Crippen molar-refractivity contribution in [2.24, 2.45) is 0 Å². The number of aromatic nitrogens is 5. The van der Waals surface area contributed by atoms with E-state index in [1.165, 1.54) is 18.1 Å². The van der Waals surface area contributed by atoms with Gasteiger partial charge in [0.25, 0.3) is 0 Å². The number of fused-ring (bicyclic) bond motifs is 1. The molecule has 0 saturated carbocycles. The lowest BCUT2D eigenvalue weighted by atomic mass is 10.1. The Kier molecular flexibility index (Phi) is 9.29. The van der Waals surface area contributed by atoms with Gasteiger partial charge in [-0.05, 0) is 56.6 Å². The zero-order valence-corrected chi connectivity index (χ0v) is 26.6. The number of benzene rings is 1. The van der Waals surface area contributed by atoms with E-state index in [4.69, 9.17) is 21.1 Å². The normalized spacial score (nSPS) is 12.1. The fraction of sp³-hybridized carbons (Fsp3) is 0.414. The highest BCUT2D eigenvalue weighted by molar-refractivity contribution is 6.76. The number of carbonyl (C=O) groups is 1. The molecule has 1 aromatic carbocycles. The molecule has 0 aliphatic heterocycles. The second-order valence-electron chi connectivity index (χ2n) is 12.3. The van der Waals surface area contributed by atoms with Crippen LogP contribution < -0.4 is 0 Å². The highest BCUT2D eigenvalue weighted by atomic mass is 35.5. The van der Waals surface area contributed by atoms with Crippen LogP contribution in [0.5, 0.6) is 0 Å². The largest absolute Gasteiger partial charge is 0.444 e. The molecule has 13 heteroatoms. The van der Waals surface area contributed by atoms with Crippen LogP contribution in [-0.4, -0.2) is 63.1 Å². The summed E-state index contributed by atoms with van der Waals surface area (Å²) < 4.78 is 43.6. The Labute approximate surface area is 249 Å². The highest BCUT2D eigenvalue weighted by Crippen LogP contribution is 2.31. The predicted octanol–water partition coefficient (Wildman–Crippen LogP) is 7.17. The standard InChI is InChI=1S/C29H35ClF2N6O3Si/c1-29(2,3)41-28(39)37(4)16-18-12-20(31)24(21(32)13-18)27-34-15-22-26(35-27)25(19-8-9-23(30)33-14-19)36-38(22)17-40-10-11-42(5,6)7/h8-9,12-15H,10-11,16-17H2,1-7H3. The van der Waals surface area contributed by atoms with Gasteiger partial charge in [0.05, 0.1) is 11.8 Å². The molecule has 4 rings (SSSR count). The molecule has 224 valence electrons. The molecule has 0 aliphatic carbocycles. The van der Waals surface area contributed by atoms with Crippen LogP contribution in [0.15, 0.2) is 36.7 Å². The van der Waals surface area contributed by atoms with Crippen molar-refractivity contribution in [3.8, 4) is 22.6 Å². The molecule has 3 heterocycles. The van der Waals surface area contributed by atoms with Gasteiger partial charge in [0, 0.05) is 40.0 Å². The molecule has 0 fully saturated rings. The van der Waals surface area contributed by atoms with Gasteiger partial charge >= 0.3 is 6.09 Å². The van der Waals surface area contributed by atoms with E-state index < -0.39 is 31.4 Å². The molecule has 0 unspecified atom stereocenters. The first kappa shape index (κ1) is 31.5. The molecule has 0 saturated heterocycles. The number of hydrogen-bond acceptors (Lipinski definition) is 7. The van der Waals surface area contributed by atoms with E-state index >= 15 is 8.78 Å². The van der Waals surface area contributed by atoms with Crippen molar-refractivity contribution in [2.75, 3.05) is 13.7 Å². The van der Waals surface area contributed by atoms with E-state index in [-0.39, 0.29) is 30.2 Å². The monoisotopic (exact) mass is 616 g/mol. The fourth-order valence-electron chi connectivity index (χ4n) is 4.03. The maximum absolute atomic E-state index is 15.4. The lowest BCUT2D eigenvalue weighted by Gasteiger charge is -2.24. The second kappa shape index (κ2) is 12.4. The molecule has 0 N–H and O–H groups in total. The predicted molar refractivity (Wildman–Crippen MR) is 161 cm³/mol. The zero-order valence-electron chi connectivity index (χ0n) is 24.8. The van der Waals surface area contributed by atoms with Crippen molar-refractivity contribution < 1.29 is 23.0 Å². The average molecular weight is 617 g/mol. The van der Waals surface area contributed by atoms with Gasteiger partial charge in [-0.25, -0.2) is 33.2 Å². The van der Waals surface area contributed by atoms with Crippen LogP contribution in [0, 0.1) is 11.6 Å². The third-order valence-electron chi connectivity index (χ3n) is 6.15. The molecule has 0 atom stereocenters. The molecule has 9 nitrogen and oxygen atoms in total. The summed E-state index contributed by atoms with van der Waals surface area (Å²) >= 11 is 5.98. The van der Waals surface area contributed by atoms with Gasteiger partial charge in [-0.1, -0.05) is 31.2 Å². The van der Waals surface area contributed by atoms with Gasteiger partial charge in [0.2, 0.25) is 0 Å². The lowest BCUT2D eigenvalue weighted by Crippen LogP contribution is -2.33. The highest BCUT2D eigenvalue weighted by Gasteiger charge is 2.23. The Balaban J connectivity index is 1.68. The molecule has 1 amide bonds. The Bertz CT molecular complexity index is 1560. The van der Waals surface area contributed by atoms with Gasteiger partial charge in [0.1, 0.15) is 45.8 Å². The summed E-state index contributed by atoms with van der Waals surface area (Å²) in [7, 11) is 0.211. The average Bonchev–Trinajstić information content (AvgIpc) is 3.23. The number of nitrogens with zero attached hydrogens (tertiary/aromatic N) is 6. The number of halogens is 3. The first-order valence-corrected chi connectivity index (χ1v) is 17.6. The molecular weight excluding hydrogens is 582 g/mol. The van der Waals surface area contributed by atoms with Crippen LogP contribution in [0.25, 0.3) is 33.7 Å². The molecule has 0 spiro atoms. The molecule has 0 bridgehead atoms. The maximum atomic E-state index is 15.4. The summed E-state index contributed by atoms with van der Waals surface area (Å²) in [6, 6.07) is 6.68. The number of pyridine rings is 1. The van der Waals surface area contributed by atoms with Crippen LogP contribution in [0.3, 0.4) is 0 Å². The van der Waals surface area contributed by atoms with E-state index in [2.05, 4.69) is 39.7 Å². The van der Waals surface area contributed by atoms with Gasteiger partial charge in [-0.15, -0.1) is 0 Å². The van der Waals surface area contributed by atoms with Gasteiger partial charge in [0.15, 0.2) is 5.82 Å². The van der Waals surface area contributed by atoms with Crippen LogP contribution in [-0.2, 0) is 22.7 Å². The summed E-state index contributed by atoms with van der Waals surface area (Å²) in [6.45, 7) is 12.7. The molecule has 0 radical (unpaired) electrons. The van der Waals surface area contributed by atoms with E-state index in [0.29, 0.717) is 34.1 Å². The van der Waals surface area contributed by atoms with Gasteiger partial charge in [-0.2, -0.15) is 5.10 Å². The summed E-state index contributed by atoms with van der Waals surface area (Å²) in [6.07, 6.45) is 2.42. The minimum atomic E-state index is -1.28. The van der Waals surface area contributed by atoms with Crippen molar-refractivity contribution in [2.45, 2.75) is 65.3 Å². The maximum Gasteiger partial charge on any atom is 0.410 e. The van der Waals surface area contributed by atoms with Gasteiger partial charge < -0.3 is 14.4 Å². The smallest absolute Gasteiger partial charge is 0.410 e. The Morgan fingerprint density at radius 1 is 1.10 bits per heavy atom. The Morgan fingerprint density at radius 3 is 2.38 bits per heavy atom. The molecular formula is C29H35ClF2N6O3Si. The molecule has 3 aromatic heterocycles. The van der Waals surface area contributed by atoms with Gasteiger partial charge in [-0.3, -0.25) is 0 Å². The summed E-state index contributed by atoms with van der Waals surface area (Å²) in [4.78, 5) is 26.5. The Morgan fingerprint density at radius 2 is 1.79 bits per heavy atom. The molecule has 0 aliphatic rings. The fourth-order valence-corrected chi connectivity index (χ4v) is 4.90. The third kappa shape index (κ3) is 7.87. The number of carbonyl (C=O) groups excluding carboxylic acids is 1. The number of amides is 1. The summed E-state index contributed by atoms with van der Waals surface area (Å²) in [5.74, 6) is -1.87. The van der Waals surface area contributed by atoms with Crippen molar-refractivity contribution in [1.29, 1.82) is 0 Å². The van der Waals surface area contributed by atoms with Crippen LogP contribution in [0.1, 0.15) is 26.3 Å². The first-order chi connectivity index (χ1) is 19.6. The summed E-state index contributed by atoms with van der Waals surface area (Å²) in [5.41, 5.74) is 1.15. The lowest BCUT2D eigenvalue weighted by molar-refractivity contribution is 0.0284. The van der Waals surface area contributed by atoms with E-state index in [9.17, 15) is 4.79 Å². The van der Waals surface area contributed by atoms with Crippen molar-refractivity contribution >= 4 is 36.8 Å². The summed E-state index contributed by atoms with van der Waals surface area (Å²) in [5, 5.41) is 4.99. The van der Waals surface area contributed by atoms with Crippen molar-refractivity contribution in [1.82, 2.24) is 29.6 Å². The molecule has 42 heavy (non-hydrogen) atoms. The third-order valence-corrected chi connectivity index (χ3v) is 8.08. The second-order valence-corrected chi connectivity index (χ2v) is 18.3. The number of ether oxygens (including phenoxy) is 2. The van der Waals surface area contributed by atoms with Crippen LogP contribution >= 0.6 is 11.6 Å². The van der Waals surface area contributed by atoms with Crippen molar-refractivity contribution in [3.05, 3.63) is 59.0 Å². The Hall–Kier alpha value is -3.48. The quantitative estimate of drug-likeness (QED) is 0.112. The number of hydrogen-bond donors (Lipinski definition) is 0.